The zero-order valence-electron chi connectivity index (χ0n) is 11.2. The number of nitrogen functional groups attached to an aromatic ring is 1. The predicted molar refractivity (Wildman–Crippen MR) is 84.2 cm³/mol. The highest BCUT2D eigenvalue weighted by molar-refractivity contribution is 9.10. The molecule has 0 fully saturated rings. The Bertz CT molecular complexity index is 797. The second-order valence-corrected chi connectivity index (χ2v) is 5.65. The lowest BCUT2D eigenvalue weighted by atomic mass is 9.98. The molecule has 1 heterocycles. The van der Waals surface area contributed by atoms with Crippen LogP contribution in [-0.4, -0.2) is 5.16 Å². The molecule has 0 unspecified atom stereocenters. The Hall–Kier alpha value is -2.14. The average molecular weight is 347 g/mol. The van der Waals surface area contributed by atoms with Crippen molar-refractivity contribution in [2.24, 2.45) is 0 Å². The average Bonchev–Trinajstić information content (AvgIpc) is 2.82. The Morgan fingerprint density at radius 3 is 2.52 bits per heavy atom. The van der Waals surface area contributed by atoms with Gasteiger partial charge in [-0.15, -0.1) is 0 Å². The highest BCUT2D eigenvalue weighted by Gasteiger charge is 2.18. The predicted octanol–water partition coefficient (Wildman–Crippen LogP) is 4.80. The summed E-state index contributed by atoms with van der Waals surface area (Å²) in [5.41, 5.74) is 9.73. The molecule has 0 bridgehead atoms. The molecule has 3 nitrogen and oxygen atoms in total. The highest BCUT2D eigenvalue weighted by Crippen LogP contribution is 2.37. The number of hydrogen-bond acceptors (Lipinski definition) is 3. The molecule has 2 aromatic carbocycles. The van der Waals surface area contributed by atoms with E-state index in [-0.39, 0.29) is 11.7 Å². The molecule has 0 amide bonds. The molecule has 21 heavy (non-hydrogen) atoms. The number of rotatable bonds is 2. The van der Waals surface area contributed by atoms with Gasteiger partial charge in [0.05, 0.1) is 5.56 Å². The lowest BCUT2D eigenvalue weighted by Gasteiger charge is -2.06. The van der Waals surface area contributed by atoms with Crippen molar-refractivity contribution >= 4 is 21.8 Å². The number of benzene rings is 2. The van der Waals surface area contributed by atoms with Crippen LogP contribution in [0.15, 0.2) is 51.5 Å². The second kappa shape index (κ2) is 5.33. The first-order valence-corrected chi connectivity index (χ1v) is 7.13. The molecule has 106 valence electrons. The molecule has 0 radical (unpaired) electrons. The lowest BCUT2D eigenvalue weighted by molar-refractivity contribution is 0.439. The second-order valence-electron chi connectivity index (χ2n) is 4.74. The van der Waals surface area contributed by atoms with Crippen molar-refractivity contribution in [1.82, 2.24) is 5.16 Å². The largest absolute Gasteiger partial charge is 0.367 e. The SMILES string of the molecule is Cc1cc(F)ccc1-c1noc(N)c1-c1ccc(Br)cc1. The van der Waals surface area contributed by atoms with Gasteiger partial charge < -0.3 is 10.3 Å². The minimum Gasteiger partial charge on any atom is -0.367 e. The van der Waals surface area contributed by atoms with E-state index < -0.39 is 0 Å². The van der Waals surface area contributed by atoms with Crippen LogP contribution in [0.4, 0.5) is 10.3 Å². The van der Waals surface area contributed by atoms with E-state index in [0.717, 1.165) is 26.7 Å². The van der Waals surface area contributed by atoms with Crippen LogP contribution >= 0.6 is 15.9 Å². The van der Waals surface area contributed by atoms with Crippen molar-refractivity contribution in [1.29, 1.82) is 0 Å². The number of halogens is 2. The van der Waals surface area contributed by atoms with Gasteiger partial charge in [-0.1, -0.05) is 33.2 Å². The number of anilines is 1. The van der Waals surface area contributed by atoms with Crippen LogP contribution in [0, 0.1) is 12.7 Å². The maximum Gasteiger partial charge on any atom is 0.230 e. The van der Waals surface area contributed by atoms with Gasteiger partial charge in [-0.2, -0.15) is 0 Å². The van der Waals surface area contributed by atoms with E-state index in [1.807, 2.05) is 31.2 Å². The fraction of sp³-hybridized carbons (Fsp3) is 0.0625. The molecule has 3 rings (SSSR count). The standard InChI is InChI=1S/C16H12BrFN2O/c1-9-8-12(18)6-7-13(9)15-14(16(19)21-20-15)10-2-4-11(17)5-3-10/h2-8H,19H2,1H3. The maximum absolute atomic E-state index is 13.3. The number of aryl methyl sites for hydroxylation is 1. The first-order valence-electron chi connectivity index (χ1n) is 6.34. The molecule has 0 saturated heterocycles. The summed E-state index contributed by atoms with van der Waals surface area (Å²) in [6.45, 7) is 1.83. The molecule has 0 aliphatic carbocycles. The molecule has 2 N–H and O–H groups in total. The number of aromatic nitrogens is 1. The summed E-state index contributed by atoms with van der Waals surface area (Å²) in [7, 11) is 0. The van der Waals surface area contributed by atoms with Crippen molar-refractivity contribution < 1.29 is 8.91 Å². The van der Waals surface area contributed by atoms with Gasteiger partial charge in [0, 0.05) is 10.0 Å². The third-order valence-corrected chi connectivity index (χ3v) is 3.82. The smallest absolute Gasteiger partial charge is 0.230 e. The van der Waals surface area contributed by atoms with Crippen LogP contribution < -0.4 is 5.73 Å². The third kappa shape index (κ3) is 2.56. The maximum atomic E-state index is 13.3. The summed E-state index contributed by atoms with van der Waals surface area (Å²) < 4.78 is 19.4. The Labute approximate surface area is 129 Å². The molecule has 0 saturated carbocycles. The third-order valence-electron chi connectivity index (χ3n) is 3.29. The van der Waals surface area contributed by atoms with Crippen molar-refractivity contribution in [2.45, 2.75) is 6.92 Å². The van der Waals surface area contributed by atoms with Crippen LogP contribution in [0.5, 0.6) is 0 Å². The van der Waals surface area contributed by atoms with Crippen LogP contribution in [0.2, 0.25) is 0 Å². The highest BCUT2D eigenvalue weighted by atomic mass is 79.9. The minimum atomic E-state index is -0.280. The summed E-state index contributed by atoms with van der Waals surface area (Å²) >= 11 is 3.40. The molecular formula is C16H12BrFN2O. The van der Waals surface area contributed by atoms with E-state index in [0.29, 0.717) is 5.69 Å². The van der Waals surface area contributed by atoms with Crippen LogP contribution in [0.25, 0.3) is 22.4 Å². The number of hydrogen-bond donors (Lipinski definition) is 1. The molecular weight excluding hydrogens is 335 g/mol. The van der Waals surface area contributed by atoms with E-state index in [1.54, 1.807) is 6.07 Å². The Balaban J connectivity index is 2.19. The van der Waals surface area contributed by atoms with Crippen LogP contribution in [0.1, 0.15) is 5.56 Å². The molecule has 5 heteroatoms. The number of nitrogens with zero attached hydrogens (tertiary/aromatic N) is 1. The normalized spacial score (nSPS) is 10.8. The van der Waals surface area contributed by atoms with E-state index in [2.05, 4.69) is 21.1 Å². The minimum absolute atomic E-state index is 0.246. The lowest BCUT2D eigenvalue weighted by Crippen LogP contribution is -1.90. The number of nitrogens with two attached hydrogens (primary N) is 1. The van der Waals surface area contributed by atoms with Crippen molar-refractivity contribution in [3.8, 4) is 22.4 Å². The fourth-order valence-electron chi connectivity index (χ4n) is 2.27. The van der Waals surface area contributed by atoms with Crippen molar-refractivity contribution in [2.75, 3.05) is 5.73 Å². The Morgan fingerprint density at radius 2 is 1.86 bits per heavy atom. The van der Waals surface area contributed by atoms with Crippen molar-refractivity contribution in [3.05, 3.63) is 58.3 Å². The van der Waals surface area contributed by atoms with E-state index in [9.17, 15) is 4.39 Å². The summed E-state index contributed by atoms with van der Waals surface area (Å²) in [5, 5.41) is 4.04. The summed E-state index contributed by atoms with van der Waals surface area (Å²) in [6.07, 6.45) is 0. The molecule has 0 aliphatic rings. The van der Waals surface area contributed by atoms with Crippen LogP contribution in [0.3, 0.4) is 0 Å². The molecule has 0 aliphatic heterocycles. The van der Waals surface area contributed by atoms with Gasteiger partial charge in [-0.25, -0.2) is 4.39 Å². The first-order chi connectivity index (χ1) is 10.1. The Kier molecular flexibility index (Phi) is 3.51. The quantitative estimate of drug-likeness (QED) is 0.724. The molecule has 0 atom stereocenters. The van der Waals surface area contributed by atoms with E-state index in [4.69, 9.17) is 10.3 Å². The molecule has 1 aromatic heterocycles. The van der Waals surface area contributed by atoms with Gasteiger partial charge in [0.2, 0.25) is 5.88 Å². The van der Waals surface area contributed by atoms with Crippen molar-refractivity contribution in [3.63, 3.8) is 0 Å². The van der Waals surface area contributed by atoms with Gasteiger partial charge in [-0.3, -0.25) is 0 Å². The van der Waals surface area contributed by atoms with Gasteiger partial charge in [0.25, 0.3) is 0 Å². The fourth-order valence-corrected chi connectivity index (χ4v) is 2.54. The van der Waals surface area contributed by atoms with E-state index in [1.165, 1.54) is 12.1 Å². The summed E-state index contributed by atoms with van der Waals surface area (Å²) in [6, 6.07) is 12.2. The zero-order valence-corrected chi connectivity index (χ0v) is 12.8. The first kappa shape index (κ1) is 13.8. The van der Waals surface area contributed by atoms with Gasteiger partial charge in [-0.05, 0) is 48.4 Å². The van der Waals surface area contributed by atoms with Gasteiger partial charge in [0.1, 0.15) is 11.5 Å². The Morgan fingerprint density at radius 1 is 1.14 bits per heavy atom. The summed E-state index contributed by atoms with van der Waals surface area (Å²) in [5.74, 6) is -0.0334. The molecule has 3 aromatic rings. The van der Waals surface area contributed by atoms with Gasteiger partial charge in [0.15, 0.2) is 0 Å². The molecule has 0 spiro atoms. The van der Waals surface area contributed by atoms with Crippen LogP contribution in [-0.2, 0) is 0 Å². The zero-order chi connectivity index (χ0) is 15.0. The summed E-state index contributed by atoms with van der Waals surface area (Å²) in [4.78, 5) is 0. The topological polar surface area (TPSA) is 52.0 Å². The van der Waals surface area contributed by atoms with Gasteiger partial charge >= 0.3 is 0 Å². The van der Waals surface area contributed by atoms with E-state index >= 15 is 0 Å². The monoisotopic (exact) mass is 346 g/mol.